The van der Waals surface area contributed by atoms with Crippen LogP contribution in [0.1, 0.15) is 65.2 Å². The van der Waals surface area contributed by atoms with Crippen LogP contribution < -0.4 is 11.1 Å². The van der Waals surface area contributed by atoms with Crippen LogP contribution in [0.15, 0.2) is 0 Å². The third-order valence-electron chi connectivity index (χ3n) is 5.05. The number of hydrogen-bond acceptors (Lipinski definition) is 2. The third-order valence-corrected chi connectivity index (χ3v) is 5.05. The van der Waals surface area contributed by atoms with Gasteiger partial charge in [0.05, 0.1) is 5.92 Å². The van der Waals surface area contributed by atoms with E-state index < -0.39 is 0 Å². The van der Waals surface area contributed by atoms with Crippen molar-refractivity contribution in [2.75, 3.05) is 0 Å². The molecule has 3 unspecified atom stereocenters. The average Bonchev–Trinajstić information content (AvgIpc) is 2.81. The molecule has 4 heteroatoms. The highest BCUT2D eigenvalue weighted by Gasteiger charge is 2.38. The van der Waals surface area contributed by atoms with E-state index in [1.165, 1.54) is 25.7 Å². The van der Waals surface area contributed by atoms with Gasteiger partial charge in [-0.05, 0) is 45.4 Å². The van der Waals surface area contributed by atoms with Gasteiger partial charge in [0, 0.05) is 11.6 Å². The Kier molecular flexibility index (Phi) is 6.13. The van der Waals surface area contributed by atoms with E-state index in [2.05, 4.69) is 12.2 Å². The summed E-state index contributed by atoms with van der Waals surface area (Å²) in [5.41, 5.74) is 5.98. The predicted octanol–water partition coefficient (Wildman–Crippen LogP) is 3.01. The Hall–Kier alpha value is -0.280. The maximum atomic E-state index is 12.4. The molecule has 0 aromatic rings. The molecule has 112 valence electrons. The number of carbonyl (C=O) groups excluding carboxylic acids is 1. The predicted molar refractivity (Wildman–Crippen MR) is 81.4 cm³/mol. The molecule has 0 bridgehead atoms. The Morgan fingerprint density at radius 2 is 1.79 bits per heavy atom. The highest BCUT2D eigenvalue weighted by Crippen LogP contribution is 2.32. The van der Waals surface area contributed by atoms with Crippen molar-refractivity contribution in [3.8, 4) is 0 Å². The number of rotatable bonds is 3. The first kappa shape index (κ1) is 16.8. The summed E-state index contributed by atoms with van der Waals surface area (Å²) in [6.45, 7) is 4.20. The molecule has 0 heterocycles. The Labute approximate surface area is 123 Å². The Bertz CT molecular complexity index is 301. The van der Waals surface area contributed by atoms with Crippen LogP contribution in [0.5, 0.6) is 0 Å². The fraction of sp³-hybridized carbons (Fsp3) is 0.933. The molecule has 0 radical (unpaired) electrons. The van der Waals surface area contributed by atoms with Gasteiger partial charge in [0.1, 0.15) is 0 Å². The standard InChI is InChI=1S/C15H28N2O.ClH/c1-11(12-7-3-4-8-12)17-14(18)13-9-5-6-10-15(13,2)16;/h11-13H,3-10,16H2,1-2H3,(H,17,18);1H. The molecule has 0 aromatic heterocycles. The number of halogens is 1. The molecule has 2 fully saturated rings. The Morgan fingerprint density at radius 3 is 2.37 bits per heavy atom. The van der Waals surface area contributed by atoms with Crippen LogP contribution in [-0.2, 0) is 4.79 Å². The SMILES string of the molecule is CC(NC(=O)C1CCCCC1(C)N)C1CCCC1.Cl. The molecule has 19 heavy (non-hydrogen) atoms. The largest absolute Gasteiger partial charge is 0.353 e. The van der Waals surface area contributed by atoms with Crippen LogP contribution in [0.3, 0.4) is 0 Å². The van der Waals surface area contributed by atoms with Crippen molar-refractivity contribution < 1.29 is 4.79 Å². The van der Waals surface area contributed by atoms with E-state index >= 15 is 0 Å². The molecule has 1 amide bonds. The summed E-state index contributed by atoms with van der Waals surface area (Å²) in [7, 11) is 0. The second-order valence-corrected chi connectivity index (χ2v) is 6.65. The average molecular weight is 289 g/mol. The fourth-order valence-corrected chi connectivity index (χ4v) is 3.69. The molecular weight excluding hydrogens is 260 g/mol. The van der Waals surface area contributed by atoms with Crippen molar-refractivity contribution in [3.05, 3.63) is 0 Å². The summed E-state index contributed by atoms with van der Waals surface area (Å²) < 4.78 is 0. The van der Waals surface area contributed by atoms with Crippen LogP contribution in [0.25, 0.3) is 0 Å². The van der Waals surface area contributed by atoms with Gasteiger partial charge in [-0.3, -0.25) is 4.79 Å². The minimum Gasteiger partial charge on any atom is -0.353 e. The third kappa shape index (κ3) is 4.09. The maximum absolute atomic E-state index is 12.4. The highest BCUT2D eigenvalue weighted by molar-refractivity contribution is 5.85. The van der Waals surface area contributed by atoms with E-state index in [-0.39, 0.29) is 29.8 Å². The zero-order valence-corrected chi connectivity index (χ0v) is 13.1. The van der Waals surface area contributed by atoms with Gasteiger partial charge in [0.15, 0.2) is 0 Å². The van der Waals surface area contributed by atoms with Crippen LogP contribution in [0.4, 0.5) is 0 Å². The number of nitrogens with one attached hydrogen (secondary N) is 1. The quantitative estimate of drug-likeness (QED) is 0.839. The van der Waals surface area contributed by atoms with Gasteiger partial charge >= 0.3 is 0 Å². The van der Waals surface area contributed by atoms with Gasteiger partial charge in [-0.2, -0.15) is 0 Å². The Morgan fingerprint density at radius 1 is 1.21 bits per heavy atom. The monoisotopic (exact) mass is 288 g/mol. The fourth-order valence-electron chi connectivity index (χ4n) is 3.69. The lowest BCUT2D eigenvalue weighted by Crippen LogP contribution is -2.54. The molecule has 2 rings (SSSR count). The van der Waals surface area contributed by atoms with Crippen molar-refractivity contribution in [3.63, 3.8) is 0 Å². The molecule has 2 saturated carbocycles. The van der Waals surface area contributed by atoms with Crippen molar-refractivity contribution in [1.82, 2.24) is 5.32 Å². The van der Waals surface area contributed by atoms with E-state index in [0.717, 1.165) is 25.7 Å². The van der Waals surface area contributed by atoms with Crippen LogP contribution in [0, 0.1) is 11.8 Å². The summed E-state index contributed by atoms with van der Waals surface area (Å²) in [5.74, 6) is 0.885. The summed E-state index contributed by atoms with van der Waals surface area (Å²) in [4.78, 5) is 12.4. The molecule has 0 spiro atoms. The number of amides is 1. The zero-order valence-electron chi connectivity index (χ0n) is 12.3. The second kappa shape index (κ2) is 6.94. The van der Waals surface area contributed by atoms with E-state index in [1.54, 1.807) is 0 Å². The van der Waals surface area contributed by atoms with E-state index in [4.69, 9.17) is 5.73 Å². The Balaban J connectivity index is 0.00000180. The van der Waals surface area contributed by atoms with Crippen LogP contribution in [0.2, 0.25) is 0 Å². The normalized spacial score (nSPS) is 33.5. The summed E-state index contributed by atoms with van der Waals surface area (Å²) in [5, 5.41) is 3.23. The van der Waals surface area contributed by atoms with E-state index in [0.29, 0.717) is 12.0 Å². The van der Waals surface area contributed by atoms with Crippen molar-refractivity contribution in [2.45, 2.75) is 76.8 Å². The molecule has 0 aliphatic heterocycles. The van der Waals surface area contributed by atoms with Crippen LogP contribution in [-0.4, -0.2) is 17.5 Å². The van der Waals surface area contributed by atoms with Crippen LogP contribution >= 0.6 is 12.4 Å². The number of hydrogen-bond donors (Lipinski definition) is 2. The molecular formula is C15H29ClN2O. The number of nitrogens with two attached hydrogens (primary N) is 1. The molecule has 3 N–H and O–H groups in total. The van der Waals surface area contributed by atoms with E-state index in [9.17, 15) is 4.79 Å². The topological polar surface area (TPSA) is 55.1 Å². The summed E-state index contributed by atoms with van der Waals surface area (Å²) >= 11 is 0. The van der Waals surface area contributed by atoms with Gasteiger partial charge in [-0.1, -0.05) is 25.7 Å². The highest BCUT2D eigenvalue weighted by atomic mass is 35.5. The smallest absolute Gasteiger partial charge is 0.225 e. The lowest BCUT2D eigenvalue weighted by Gasteiger charge is -2.38. The first-order chi connectivity index (χ1) is 8.50. The van der Waals surface area contributed by atoms with Gasteiger partial charge < -0.3 is 11.1 Å². The van der Waals surface area contributed by atoms with E-state index in [1.807, 2.05) is 6.92 Å². The maximum Gasteiger partial charge on any atom is 0.225 e. The zero-order chi connectivity index (χ0) is 13.2. The van der Waals surface area contributed by atoms with Crippen molar-refractivity contribution in [1.29, 1.82) is 0 Å². The molecule has 2 aliphatic carbocycles. The summed E-state index contributed by atoms with van der Waals surface area (Å²) in [6.07, 6.45) is 9.42. The van der Waals surface area contributed by atoms with Gasteiger partial charge in [-0.15, -0.1) is 12.4 Å². The minimum absolute atomic E-state index is 0. The lowest BCUT2D eigenvalue weighted by atomic mass is 9.74. The molecule has 0 aromatic carbocycles. The van der Waals surface area contributed by atoms with Crippen molar-refractivity contribution in [2.24, 2.45) is 17.6 Å². The first-order valence-electron chi connectivity index (χ1n) is 7.60. The van der Waals surface area contributed by atoms with Gasteiger partial charge in [0.2, 0.25) is 5.91 Å². The number of carbonyl (C=O) groups is 1. The molecule has 0 saturated heterocycles. The van der Waals surface area contributed by atoms with Crippen molar-refractivity contribution >= 4 is 18.3 Å². The lowest BCUT2D eigenvalue weighted by molar-refractivity contribution is -0.129. The summed E-state index contributed by atoms with van der Waals surface area (Å²) in [6, 6.07) is 0.317. The van der Waals surface area contributed by atoms with Gasteiger partial charge in [-0.25, -0.2) is 0 Å². The molecule has 2 aliphatic rings. The minimum atomic E-state index is -0.308. The molecule has 3 atom stereocenters. The van der Waals surface area contributed by atoms with Gasteiger partial charge in [0.25, 0.3) is 0 Å². The molecule has 3 nitrogen and oxygen atoms in total. The second-order valence-electron chi connectivity index (χ2n) is 6.65. The first-order valence-corrected chi connectivity index (χ1v) is 7.60.